The molecule has 1 atom stereocenters. The first-order valence-corrected chi connectivity index (χ1v) is 8.92. The third kappa shape index (κ3) is 5.29. The quantitative estimate of drug-likeness (QED) is 0.641. The fraction of sp³-hybridized carbons (Fsp3) is 0.389. The normalized spacial score (nSPS) is 12.7. The number of rotatable bonds is 6. The molecule has 3 aromatic rings. The van der Waals surface area contributed by atoms with Gasteiger partial charge in [0, 0.05) is 17.5 Å². The summed E-state index contributed by atoms with van der Waals surface area (Å²) in [5.74, 6) is 0.603. The lowest BCUT2D eigenvalue weighted by Gasteiger charge is -2.23. The predicted octanol–water partition coefficient (Wildman–Crippen LogP) is 3.28. The van der Waals surface area contributed by atoms with E-state index in [1.807, 2.05) is 0 Å². The predicted molar refractivity (Wildman–Crippen MR) is 101 cm³/mol. The number of hydrogen-bond acceptors (Lipinski definition) is 7. The van der Waals surface area contributed by atoms with Crippen molar-refractivity contribution in [2.24, 2.45) is 0 Å². The Morgan fingerprint density at radius 1 is 1.36 bits per heavy atom. The Kier molecular flexibility index (Phi) is 5.64. The molecule has 2 N–H and O–H groups in total. The molecule has 0 aliphatic rings. The fourth-order valence-corrected chi connectivity index (χ4v) is 2.63. The van der Waals surface area contributed by atoms with Gasteiger partial charge in [0.25, 0.3) is 11.4 Å². The molecule has 0 saturated heterocycles. The van der Waals surface area contributed by atoms with Crippen LogP contribution in [0.25, 0.3) is 11.0 Å². The van der Waals surface area contributed by atoms with Gasteiger partial charge in [0.2, 0.25) is 0 Å². The van der Waals surface area contributed by atoms with Crippen molar-refractivity contribution in [2.75, 3.05) is 6.61 Å². The zero-order valence-corrected chi connectivity index (χ0v) is 16.3. The lowest BCUT2D eigenvalue weighted by atomic mass is 10.2. The van der Waals surface area contributed by atoms with Crippen LogP contribution in [-0.4, -0.2) is 34.7 Å². The minimum absolute atomic E-state index is 0.0300. The first-order chi connectivity index (χ1) is 13.2. The third-order valence-corrected chi connectivity index (χ3v) is 3.80. The molecule has 150 valence electrons. The van der Waals surface area contributed by atoms with Crippen LogP contribution in [0.3, 0.4) is 0 Å². The molecular formula is C18H20ClN3O6. The van der Waals surface area contributed by atoms with Crippen LogP contribution < -0.4 is 15.6 Å². The molecule has 0 aliphatic carbocycles. The van der Waals surface area contributed by atoms with Gasteiger partial charge in [-0.15, -0.1) is 0 Å². The molecule has 9 nitrogen and oxygen atoms in total. The minimum Gasteiger partial charge on any atom is -0.473 e. The molecule has 1 unspecified atom stereocenters. The molecule has 0 spiro atoms. The molecule has 1 aromatic carbocycles. The zero-order valence-electron chi connectivity index (χ0n) is 15.6. The van der Waals surface area contributed by atoms with E-state index in [-0.39, 0.29) is 24.5 Å². The summed E-state index contributed by atoms with van der Waals surface area (Å²) in [6.07, 6.45) is -0.416. The number of nitrogens with zero attached hydrogens (tertiary/aromatic N) is 1. The third-order valence-electron chi connectivity index (χ3n) is 3.56. The number of benzene rings is 1. The summed E-state index contributed by atoms with van der Waals surface area (Å²) in [5.41, 5.74) is -0.508. The maximum absolute atomic E-state index is 12.1. The van der Waals surface area contributed by atoms with Crippen LogP contribution in [0.4, 0.5) is 4.79 Å². The minimum atomic E-state index is -0.658. The van der Waals surface area contributed by atoms with E-state index < -0.39 is 17.7 Å². The van der Waals surface area contributed by atoms with Gasteiger partial charge in [0.15, 0.2) is 5.58 Å². The molecule has 28 heavy (non-hydrogen) atoms. The molecule has 2 heterocycles. The van der Waals surface area contributed by atoms with Gasteiger partial charge in [-0.3, -0.25) is 4.79 Å². The van der Waals surface area contributed by atoms with E-state index >= 15 is 0 Å². The second-order valence-corrected chi connectivity index (χ2v) is 7.60. The van der Waals surface area contributed by atoms with Crippen LogP contribution in [-0.2, 0) is 11.2 Å². The number of carbonyl (C=O) groups is 1. The average molecular weight is 410 g/mol. The van der Waals surface area contributed by atoms with Crippen LogP contribution in [0.2, 0.25) is 5.02 Å². The van der Waals surface area contributed by atoms with E-state index in [4.69, 9.17) is 30.1 Å². The van der Waals surface area contributed by atoms with Gasteiger partial charge in [-0.25, -0.2) is 4.79 Å². The van der Waals surface area contributed by atoms with E-state index in [0.29, 0.717) is 21.8 Å². The Morgan fingerprint density at radius 2 is 2.14 bits per heavy atom. The highest BCUT2D eigenvalue weighted by Gasteiger charge is 2.22. The second kappa shape index (κ2) is 7.97. The van der Waals surface area contributed by atoms with Crippen molar-refractivity contribution >= 4 is 28.7 Å². The maximum atomic E-state index is 12.1. The van der Waals surface area contributed by atoms with Gasteiger partial charge < -0.3 is 23.8 Å². The van der Waals surface area contributed by atoms with Gasteiger partial charge in [0.1, 0.15) is 18.0 Å². The molecule has 1 amide bonds. The van der Waals surface area contributed by atoms with Crippen molar-refractivity contribution in [3.63, 3.8) is 0 Å². The summed E-state index contributed by atoms with van der Waals surface area (Å²) in [5, 5.41) is 9.91. The Bertz CT molecular complexity index is 1020. The van der Waals surface area contributed by atoms with Gasteiger partial charge >= 0.3 is 6.09 Å². The molecule has 2 aromatic heterocycles. The number of aromatic amines is 1. The summed E-state index contributed by atoms with van der Waals surface area (Å²) in [7, 11) is 0. The number of alkyl carbamates (subject to hydrolysis) is 1. The highest BCUT2D eigenvalue weighted by molar-refractivity contribution is 6.31. The van der Waals surface area contributed by atoms with Crippen molar-refractivity contribution in [2.45, 2.75) is 38.8 Å². The highest BCUT2D eigenvalue weighted by atomic mass is 35.5. The molecule has 10 heteroatoms. The molecule has 0 saturated carbocycles. The smallest absolute Gasteiger partial charge is 0.408 e. The Morgan fingerprint density at radius 3 is 2.82 bits per heavy atom. The van der Waals surface area contributed by atoms with Crippen molar-refractivity contribution in [1.29, 1.82) is 0 Å². The number of nitrogens with one attached hydrogen (secondary N) is 2. The van der Waals surface area contributed by atoms with Gasteiger partial charge in [-0.05, 0) is 44.1 Å². The van der Waals surface area contributed by atoms with Crippen LogP contribution in [0.5, 0.6) is 5.88 Å². The number of halogens is 1. The number of aromatic nitrogens is 2. The highest BCUT2D eigenvalue weighted by Crippen LogP contribution is 2.27. The van der Waals surface area contributed by atoms with Crippen LogP contribution in [0.15, 0.2) is 38.1 Å². The SMILES string of the molecule is CC(C)(C)OC(=O)NC(COc1noc2ccc(Cl)cc12)Cc1cc(=O)[nH]o1. The van der Waals surface area contributed by atoms with Crippen molar-refractivity contribution in [1.82, 2.24) is 15.6 Å². The zero-order chi connectivity index (χ0) is 20.3. The lowest BCUT2D eigenvalue weighted by Crippen LogP contribution is -2.43. The Balaban J connectivity index is 1.72. The van der Waals surface area contributed by atoms with Gasteiger partial charge in [-0.2, -0.15) is 5.16 Å². The van der Waals surface area contributed by atoms with E-state index in [1.54, 1.807) is 39.0 Å². The lowest BCUT2D eigenvalue weighted by molar-refractivity contribution is 0.0484. The first-order valence-electron chi connectivity index (χ1n) is 8.54. The molecule has 0 bridgehead atoms. The van der Waals surface area contributed by atoms with Crippen LogP contribution >= 0.6 is 11.6 Å². The molecule has 0 radical (unpaired) electrons. The second-order valence-electron chi connectivity index (χ2n) is 7.17. The summed E-state index contributed by atoms with van der Waals surface area (Å²) in [6.45, 7) is 5.31. The molecule has 3 rings (SSSR count). The number of fused-ring (bicyclic) bond motifs is 1. The molecule has 0 aliphatic heterocycles. The van der Waals surface area contributed by atoms with Gasteiger partial charge in [-0.1, -0.05) is 11.6 Å². The Labute approximate surface area is 164 Å². The summed E-state index contributed by atoms with van der Waals surface area (Å²) in [4.78, 5) is 23.4. The Hall–Kier alpha value is -2.94. The standard InChI is InChI=1S/C18H20ClN3O6/c1-18(2,3)26-17(24)20-11(7-12-8-15(23)21-27-12)9-25-16-13-6-10(19)4-5-14(13)28-22-16/h4-6,8,11H,7,9H2,1-3H3,(H,20,24)(H,21,23). The number of hydrogen-bond donors (Lipinski definition) is 2. The van der Waals surface area contributed by atoms with Crippen molar-refractivity contribution in [3.05, 3.63) is 45.4 Å². The largest absolute Gasteiger partial charge is 0.473 e. The average Bonchev–Trinajstić information content (AvgIpc) is 3.16. The van der Waals surface area contributed by atoms with E-state index in [0.717, 1.165) is 0 Å². The monoisotopic (exact) mass is 409 g/mol. The molecule has 0 fully saturated rings. The van der Waals surface area contributed by atoms with E-state index in [9.17, 15) is 9.59 Å². The van der Waals surface area contributed by atoms with E-state index in [2.05, 4.69) is 15.6 Å². The van der Waals surface area contributed by atoms with Crippen molar-refractivity contribution in [3.8, 4) is 5.88 Å². The number of ether oxygens (including phenoxy) is 2. The van der Waals surface area contributed by atoms with Crippen LogP contribution in [0, 0.1) is 0 Å². The summed E-state index contributed by atoms with van der Waals surface area (Å²) in [6, 6.07) is 5.78. The number of carbonyl (C=O) groups excluding carboxylic acids is 1. The summed E-state index contributed by atoms with van der Waals surface area (Å²) >= 11 is 6.01. The van der Waals surface area contributed by atoms with Crippen LogP contribution in [0.1, 0.15) is 26.5 Å². The topological polar surface area (TPSA) is 120 Å². The van der Waals surface area contributed by atoms with E-state index in [1.165, 1.54) is 6.07 Å². The summed E-state index contributed by atoms with van der Waals surface area (Å²) < 4.78 is 21.3. The maximum Gasteiger partial charge on any atom is 0.408 e. The first kappa shape index (κ1) is 19.8. The van der Waals surface area contributed by atoms with Crippen molar-refractivity contribution < 1.29 is 23.3 Å². The number of H-pyrrole nitrogens is 1. The molecular weight excluding hydrogens is 390 g/mol. The van der Waals surface area contributed by atoms with Gasteiger partial charge in [0.05, 0.1) is 11.4 Å². The fourth-order valence-electron chi connectivity index (χ4n) is 2.46. The number of amides is 1.